The van der Waals surface area contributed by atoms with E-state index in [9.17, 15) is 0 Å². The number of aromatic nitrogens is 1. The number of nitrogens with one attached hydrogen (secondary N) is 2. The summed E-state index contributed by atoms with van der Waals surface area (Å²) in [6.07, 6.45) is 4.33. The van der Waals surface area contributed by atoms with E-state index in [1.165, 1.54) is 23.8 Å². The molecule has 1 aliphatic rings. The van der Waals surface area contributed by atoms with Gasteiger partial charge in [0.25, 0.3) is 0 Å². The normalized spacial score (nSPS) is 15.5. The maximum absolute atomic E-state index is 4.32. The second-order valence-electron chi connectivity index (χ2n) is 4.87. The minimum absolute atomic E-state index is 0.618. The Hall–Kier alpha value is -2.10. The number of nitrogens with zero attached hydrogens (tertiary/aromatic N) is 2. The molecule has 1 fully saturated rings. The molecule has 1 aliphatic carbocycles. The molecular formula is C15H18N4. The molecule has 0 saturated heterocycles. The van der Waals surface area contributed by atoms with E-state index in [-0.39, 0.29) is 0 Å². The first-order valence-corrected chi connectivity index (χ1v) is 6.66. The third kappa shape index (κ3) is 3.02. The van der Waals surface area contributed by atoms with Crippen LogP contribution in [0.3, 0.4) is 0 Å². The van der Waals surface area contributed by atoms with Gasteiger partial charge in [0.1, 0.15) is 0 Å². The zero-order valence-electron chi connectivity index (χ0n) is 11.1. The van der Waals surface area contributed by atoms with Gasteiger partial charge in [-0.2, -0.15) is 0 Å². The molecule has 0 unspecified atom stereocenters. The summed E-state index contributed by atoms with van der Waals surface area (Å²) in [5.74, 6) is 0.883. The summed E-state index contributed by atoms with van der Waals surface area (Å²) in [5.41, 5.74) is 2.27. The van der Waals surface area contributed by atoms with Crippen LogP contribution in [0.1, 0.15) is 18.4 Å². The molecule has 0 aliphatic heterocycles. The molecule has 1 aromatic carbocycles. The number of fused-ring (bicyclic) bond motifs is 1. The molecule has 2 N–H and O–H groups in total. The first-order valence-electron chi connectivity index (χ1n) is 6.66. The van der Waals surface area contributed by atoms with Gasteiger partial charge in [0, 0.05) is 31.2 Å². The lowest BCUT2D eigenvalue weighted by atomic mass is 10.1. The van der Waals surface area contributed by atoms with Crippen LogP contribution in [0, 0.1) is 0 Å². The van der Waals surface area contributed by atoms with Gasteiger partial charge in [0.05, 0.1) is 5.52 Å². The number of hydrogen-bond acceptors (Lipinski definition) is 2. The van der Waals surface area contributed by atoms with E-state index in [1.54, 1.807) is 0 Å². The molecule has 19 heavy (non-hydrogen) atoms. The maximum atomic E-state index is 4.32. The fourth-order valence-electron chi connectivity index (χ4n) is 2.04. The van der Waals surface area contributed by atoms with Crippen molar-refractivity contribution >= 4 is 16.9 Å². The van der Waals surface area contributed by atoms with Gasteiger partial charge in [-0.1, -0.05) is 12.1 Å². The monoisotopic (exact) mass is 254 g/mol. The van der Waals surface area contributed by atoms with Crippen molar-refractivity contribution in [3.05, 3.63) is 42.1 Å². The lowest BCUT2D eigenvalue weighted by molar-refractivity contribution is 0.806. The molecule has 1 aromatic heterocycles. The largest absolute Gasteiger partial charge is 0.354 e. The summed E-state index contributed by atoms with van der Waals surface area (Å²) < 4.78 is 0. The van der Waals surface area contributed by atoms with Gasteiger partial charge in [0.15, 0.2) is 5.96 Å². The summed E-state index contributed by atoms with van der Waals surface area (Å²) in [4.78, 5) is 8.55. The van der Waals surface area contributed by atoms with Gasteiger partial charge >= 0.3 is 0 Å². The van der Waals surface area contributed by atoms with Gasteiger partial charge in [0.2, 0.25) is 0 Å². The number of guanidine groups is 1. The maximum Gasteiger partial charge on any atom is 0.191 e. The molecule has 1 saturated carbocycles. The molecule has 0 spiro atoms. The van der Waals surface area contributed by atoms with Crippen LogP contribution in [-0.4, -0.2) is 24.0 Å². The fourth-order valence-corrected chi connectivity index (χ4v) is 2.04. The Morgan fingerprint density at radius 3 is 3.05 bits per heavy atom. The smallest absolute Gasteiger partial charge is 0.191 e. The molecule has 1 heterocycles. The summed E-state index contributed by atoms with van der Waals surface area (Å²) in [6, 6.07) is 11.0. The third-order valence-electron chi connectivity index (χ3n) is 3.27. The highest BCUT2D eigenvalue weighted by atomic mass is 15.2. The quantitative estimate of drug-likeness (QED) is 0.651. The summed E-state index contributed by atoms with van der Waals surface area (Å²) in [7, 11) is 1.81. The number of benzene rings is 1. The van der Waals surface area contributed by atoms with E-state index in [0.717, 1.165) is 18.0 Å². The Balaban J connectivity index is 1.67. The molecule has 4 nitrogen and oxygen atoms in total. The highest BCUT2D eigenvalue weighted by Crippen LogP contribution is 2.18. The molecular weight excluding hydrogens is 236 g/mol. The van der Waals surface area contributed by atoms with E-state index in [1.807, 2.05) is 19.3 Å². The summed E-state index contributed by atoms with van der Waals surface area (Å²) >= 11 is 0. The lowest BCUT2D eigenvalue weighted by Gasteiger charge is -2.11. The van der Waals surface area contributed by atoms with Crippen LogP contribution in [0.2, 0.25) is 0 Å². The Labute approximate surface area is 113 Å². The molecule has 3 rings (SSSR count). The molecule has 0 amide bonds. The molecule has 2 aromatic rings. The van der Waals surface area contributed by atoms with E-state index >= 15 is 0 Å². The number of rotatable bonds is 3. The standard InChI is InChI=1S/C15H18N4/c1-16-15(19-13-5-6-13)18-10-11-4-7-14-12(9-11)3-2-8-17-14/h2-4,7-9,13H,5-6,10H2,1H3,(H2,16,18,19). The van der Waals surface area contributed by atoms with E-state index in [0.29, 0.717) is 6.04 Å². The van der Waals surface area contributed by atoms with Crippen LogP contribution in [0.5, 0.6) is 0 Å². The average Bonchev–Trinajstić information content (AvgIpc) is 3.27. The number of pyridine rings is 1. The zero-order valence-corrected chi connectivity index (χ0v) is 11.1. The Morgan fingerprint density at radius 2 is 2.26 bits per heavy atom. The molecule has 4 heteroatoms. The molecule has 0 bridgehead atoms. The van der Waals surface area contributed by atoms with Crippen molar-refractivity contribution in [1.29, 1.82) is 0 Å². The van der Waals surface area contributed by atoms with E-state index in [2.05, 4.69) is 44.9 Å². The van der Waals surface area contributed by atoms with Crippen LogP contribution in [0.15, 0.2) is 41.5 Å². The second-order valence-corrected chi connectivity index (χ2v) is 4.87. The van der Waals surface area contributed by atoms with Gasteiger partial charge in [-0.25, -0.2) is 0 Å². The third-order valence-corrected chi connectivity index (χ3v) is 3.27. The van der Waals surface area contributed by atoms with Crippen molar-refractivity contribution in [1.82, 2.24) is 15.6 Å². The predicted octanol–water partition coefficient (Wildman–Crippen LogP) is 2.06. The predicted molar refractivity (Wildman–Crippen MR) is 78.1 cm³/mol. The molecule has 0 atom stereocenters. The molecule has 0 radical (unpaired) electrons. The minimum atomic E-state index is 0.618. The first-order chi connectivity index (χ1) is 9.35. The first kappa shape index (κ1) is 12.0. The molecule has 98 valence electrons. The van der Waals surface area contributed by atoms with Crippen molar-refractivity contribution in [2.45, 2.75) is 25.4 Å². The number of hydrogen-bond donors (Lipinski definition) is 2. The van der Waals surface area contributed by atoms with Crippen molar-refractivity contribution < 1.29 is 0 Å². The number of aliphatic imine (C=N–C) groups is 1. The second kappa shape index (κ2) is 5.26. The fraction of sp³-hybridized carbons (Fsp3) is 0.333. The lowest BCUT2D eigenvalue weighted by Crippen LogP contribution is -2.38. The van der Waals surface area contributed by atoms with E-state index in [4.69, 9.17) is 0 Å². The van der Waals surface area contributed by atoms with Crippen LogP contribution >= 0.6 is 0 Å². The SMILES string of the molecule is CN=C(NCc1ccc2ncccc2c1)NC1CC1. The summed E-state index contributed by atoms with van der Waals surface area (Å²) in [5, 5.41) is 7.89. The van der Waals surface area contributed by atoms with Gasteiger partial charge in [-0.15, -0.1) is 0 Å². The van der Waals surface area contributed by atoms with Gasteiger partial charge in [-0.05, 0) is 36.6 Å². The van der Waals surface area contributed by atoms with Crippen molar-refractivity contribution in [3.8, 4) is 0 Å². The zero-order chi connectivity index (χ0) is 13.1. The average molecular weight is 254 g/mol. The topological polar surface area (TPSA) is 49.3 Å². The van der Waals surface area contributed by atoms with E-state index < -0.39 is 0 Å². The minimum Gasteiger partial charge on any atom is -0.354 e. The van der Waals surface area contributed by atoms with Crippen LogP contribution in [-0.2, 0) is 6.54 Å². The van der Waals surface area contributed by atoms with Crippen molar-refractivity contribution in [2.75, 3.05) is 7.05 Å². The van der Waals surface area contributed by atoms with Crippen LogP contribution < -0.4 is 10.6 Å². The van der Waals surface area contributed by atoms with Gasteiger partial charge < -0.3 is 10.6 Å². The Kier molecular flexibility index (Phi) is 3.31. The summed E-state index contributed by atoms with van der Waals surface area (Å²) in [6.45, 7) is 0.775. The Morgan fingerprint density at radius 1 is 1.37 bits per heavy atom. The van der Waals surface area contributed by atoms with Crippen LogP contribution in [0.25, 0.3) is 10.9 Å². The highest BCUT2D eigenvalue weighted by molar-refractivity contribution is 5.81. The van der Waals surface area contributed by atoms with Crippen LogP contribution in [0.4, 0.5) is 0 Å². The van der Waals surface area contributed by atoms with Crippen molar-refractivity contribution in [2.24, 2.45) is 4.99 Å². The Bertz CT molecular complexity index is 602. The van der Waals surface area contributed by atoms with Gasteiger partial charge in [-0.3, -0.25) is 9.98 Å². The highest BCUT2D eigenvalue weighted by Gasteiger charge is 2.21. The van der Waals surface area contributed by atoms with Crippen molar-refractivity contribution in [3.63, 3.8) is 0 Å².